The molecule has 0 radical (unpaired) electrons. The summed E-state index contributed by atoms with van der Waals surface area (Å²) >= 11 is 5.72. The molecule has 0 saturated heterocycles. The minimum atomic E-state index is -0.330. The van der Waals surface area contributed by atoms with E-state index in [-0.39, 0.29) is 17.5 Å². The highest BCUT2D eigenvalue weighted by Gasteiger charge is 2.14. The molecule has 1 heterocycles. The third kappa shape index (κ3) is 2.10. The van der Waals surface area contributed by atoms with Crippen LogP contribution in [-0.4, -0.2) is 14.8 Å². The van der Waals surface area contributed by atoms with Crippen molar-refractivity contribution < 1.29 is 5.11 Å². The average molecular weight is 218 g/mol. The summed E-state index contributed by atoms with van der Waals surface area (Å²) in [6.07, 6.45) is 2.55. The smallest absolute Gasteiger partial charge is 0.155 e. The fourth-order valence-electron chi connectivity index (χ4n) is 1.19. The molecule has 6 heteroatoms. The molecule has 1 N–H and O–H groups in total. The molecule has 1 aromatic heterocycles. The molecule has 0 aromatic carbocycles. The Morgan fingerprint density at radius 3 is 2.86 bits per heavy atom. The Morgan fingerprint density at radius 2 is 2.36 bits per heavy atom. The van der Waals surface area contributed by atoms with Gasteiger partial charge in [-0.1, -0.05) is 24.9 Å². The number of aryl methyl sites for hydroxylation is 1. The maximum absolute atomic E-state index is 10.5. The quantitative estimate of drug-likeness (QED) is 0.766. The Kier molecular flexibility index (Phi) is 4.03. The number of nitrogens with zero attached hydrogens (tertiary/aromatic N) is 3. The molecule has 0 aliphatic carbocycles. The second-order valence-electron chi connectivity index (χ2n) is 2.92. The molecule has 0 aliphatic rings. The number of imidazole rings is 1. The first-order valence-corrected chi connectivity index (χ1v) is 4.82. The Hall–Kier alpha value is -0.940. The summed E-state index contributed by atoms with van der Waals surface area (Å²) in [5.74, 6) is 0.510. The second-order valence-corrected chi connectivity index (χ2v) is 3.28. The molecule has 0 unspecified atom stereocenters. The molecular weight excluding hydrogens is 206 g/mol. The van der Waals surface area contributed by atoms with Crippen molar-refractivity contribution in [2.24, 2.45) is 5.29 Å². The van der Waals surface area contributed by atoms with Gasteiger partial charge in [0.1, 0.15) is 11.5 Å². The second kappa shape index (κ2) is 5.07. The summed E-state index contributed by atoms with van der Waals surface area (Å²) in [5.41, 5.74) is 0.257. The minimum Gasteiger partial charge on any atom is -0.390 e. The van der Waals surface area contributed by atoms with Crippen LogP contribution >= 0.6 is 11.6 Å². The van der Waals surface area contributed by atoms with E-state index in [0.29, 0.717) is 12.2 Å². The molecule has 1 rings (SSSR count). The molecule has 0 amide bonds. The Balaban J connectivity index is 2.98. The molecule has 1 aromatic rings. The van der Waals surface area contributed by atoms with E-state index in [9.17, 15) is 4.91 Å². The van der Waals surface area contributed by atoms with Gasteiger partial charge in [0, 0.05) is 6.42 Å². The number of halogens is 1. The maximum Gasteiger partial charge on any atom is 0.155 e. The molecule has 0 spiro atoms. The Bertz CT molecular complexity index is 325. The average Bonchev–Trinajstić information content (AvgIpc) is 2.50. The lowest BCUT2D eigenvalue weighted by Crippen LogP contribution is -2.01. The van der Waals surface area contributed by atoms with Gasteiger partial charge in [0.25, 0.3) is 0 Å². The van der Waals surface area contributed by atoms with Gasteiger partial charge in [0.05, 0.1) is 11.9 Å². The van der Waals surface area contributed by atoms with Gasteiger partial charge in [-0.25, -0.2) is 4.98 Å². The van der Waals surface area contributed by atoms with Crippen LogP contribution in [0.1, 0.15) is 31.3 Å². The van der Waals surface area contributed by atoms with Crippen LogP contribution in [0.3, 0.4) is 0 Å². The van der Waals surface area contributed by atoms with Crippen molar-refractivity contribution in [1.29, 1.82) is 0 Å². The van der Waals surface area contributed by atoms with E-state index in [0.717, 1.165) is 17.5 Å². The molecule has 0 fully saturated rings. The fourth-order valence-corrected chi connectivity index (χ4v) is 1.43. The van der Waals surface area contributed by atoms with Gasteiger partial charge in [-0.05, 0) is 6.42 Å². The van der Waals surface area contributed by atoms with Crippen LogP contribution in [0.25, 0.3) is 0 Å². The molecule has 0 atom stereocenters. The number of rotatable bonds is 5. The van der Waals surface area contributed by atoms with Crippen molar-refractivity contribution in [3.63, 3.8) is 0 Å². The summed E-state index contributed by atoms with van der Waals surface area (Å²) in [4.78, 5) is 14.5. The van der Waals surface area contributed by atoms with E-state index in [1.54, 1.807) is 0 Å². The molecular formula is C8H12ClN3O2. The van der Waals surface area contributed by atoms with Gasteiger partial charge in [0.2, 0.25) is 0 Å². The van der Waals surface area contributed by atoms with Crippen molar-refractivity contribution in [3.05, 3.63) is 21.6 Å². The predicted octanol–water partition coefficient (Wildman–Crippen LogP) is 1.90. The Labute approximate surface area is 86.7 Å². The highest BCUT2D eigenvalue weighted by atomic mass is 35.5. The first kappa shape index (κ1) is 11.1. The van der Waals surface area contributed by atoms with Crippen LogP contribution < -0.4 is 0 Å². The fraction of sp³-hybridized carbons (Fsp3) is 0.625. The van der Waals surface area contributed by atoms with E-state index in [2.05, 4.69) is 10.3 Å². The van der Waals surface area contributed by atoms with Crippen molar-refractivity contribution in [1.82, 2.24) is 9.66 Å². The summed E-state index contributed by atoms with van der Waals surface area (Å²) in [6.45, 7) is 1.71. The van der Waals surface area contributed by atoms with Crippen molar-refractivity contribution in [2.75, 3.05) is 0 Å². The summed E-state index contributed by atoms with van der Waals surface area (Å²) in [7, 11) is 0. The monoisotopic (exact) mass is 217 g/mol. The lowest BCUT2D eigenvalue weighted by atomic mass is 10.2. The first-order chi connectivity index (χ1) is 6.74. The third-order valence-corrected chi connectivity index (χ3v) is 2.25. The largest absolute Gasteiger partial charge is 0.390 e. The molecule has 14 heavy (non-hydrogen) atoms. The number of hydrogen-bond acceptors (Lipinski definition) is 4. The zero-order valence-corrected chi connectivity index (χ0v) is 8.66. The SMILES string of the molecule is CCCCc1nc(Cl)c(CO)n1N=O. The van der Waals surface area contributed by atoms with Crippen LogP contribution in [0.5, 0.6) is 0 Å². The van der Waals surface area contributed by atoms with E-state index >= 15 is 0 Å². The Morgan fingerprint density at radius 1 is 1.64 bits per heavy atom. The van der Waals surface area contributed by atoms with Crippen LogP contribution in [0.15, 0.2) is 5.29 Å². The molecule has 5 nitrogen and oxygen atoms in total. The number of aromatic nitrogens is 2. The molecule has 0 bridgehead atoms. The standard InChI is InChI=1S/C8H12ClN3O2/c1-2-3-4-7-10-8(9)6(5-13)12(7)11-14/h13H,2-5H2,1H3. The first-order valence-electron chi connectivity index (χ1n) is 4.45. The van der Waals surface area contributed by atoms with Crippen LogP contribution in [0.2, 0.25) is 5.15 Å². The van der Waals surface area contributed by atoms with Gasteiger partial charge < -0.3 is 5.11 Å². The summed E-state index contributed by atoms with van der Waals surface area (Å²) < 4.78 is 1.07. The highest BCUT2D eigenvalue weighted by molar-refractivity contribution is 6.30. The topological polar surface area (TPSA) is 67.5 Å². The molecule has 78 valence electrons. The maximum atomic E-state index is 10.5. The number of unbranched alkanes of at least 4 members (excludes halogenated alkanes) is 1. The van der Waals surface area contributed by atoms with Crippen LogP contribution in [0, 0.1) is 4.91 Å². The highest BCUT2D eigenvalue weighted by Crippen LogP contribution is 2.18. The zero-order chi connectivity index (χ0) is 10.6. The van der Waals surface area contributed by atoms with E-state index < -0.39 is 0 Å². The molecule has 0 aliphatic heterocycles. The van der Waals surface area contributed by atoms with E-state index in [1.807, 2.05) is 6.92 Å². The van der Waals surface area contributed by atoms with E-state index in [1.165, 1.54) is 0 Å². The van der Waals surface area contributed by atoms with Crippen molar-refractivity contribution >= 4 is 11.6 Å². The lowest BCUT2D eigenvalue weighted by Gasteiger charge is -1.99. The van der Waals surface area contributed by atoms with E-state index in [4.69, 9.17) is 16.7 Å². The number of aliphatic hydroxyl groups excluding tert-OH is 1. The lowest BCUT2D eigenvalue weighted by molar-refractivity contribution is 0.271. The minimum absolute atomic E-state index is 0.151. The number of hydrogen-bond donors (Lipinski definition) is 1. The van der Waals surface area contributed by atoms with Gasteiger partial charge in [-0.15, -0.1) is 4.91 Å². The van der Waals surface area contributed by atoms with Crippen molar-refractivity contribution in [3.8, 4) is 0 Å². The van der Waals surface area contributed by atoms with Crippen molar-refractivity contribution in [2.45, 2.75) is 32.8 Å². The van der Waals surface area contributed by atoms with Gasteiger partial charge >= 0.3 is 0 Å². The molecule has 0 saturated carbocycles. The number of nitroso groups, excluding NO2 is 1. The van der Waals surface area contributed by atoms with Gasteiger partial charge in [-0.2, -0.15) is 4.68 Å². The predicted molar refractivity (Wildman–Crippen MR) is 53.0 cm³/mol. The zero-order valence-electron chi connectivity index (χ0n) is 7.90. The normalized spacial score (nSPS) is 10.5. The van der Waals surface area contributed by atoms with Crippen LogP contribution in [0.4, 0.5) is 0 Å². The van der Waals surface area contributed by atoms with Gasteiger partial charge in [0.15, 0.2) is 5.15 Å². The summed E-state index contributed by atoms with van der Waals surface area (Å²) in [5, 5.41) is 11.9. The summed E-state index contributed by atoms with van der Waals surface area (Å²) in [6, 6.07) is 0. The van der Waals surface area contributed by atoms with Crippen LogP contribution in [-0.2, 0) is 13.0 Å². The number of aliphatic hydroxyl groups is 1. The van der Waals surface area contributed by atoms with Gasteiger partial charge in [-0.3, -0.25) is 0 Å². The third-order valence-electron chi connectivity index (χ3n) is 1.95.